The Morgan fingerprint density at radius 1 is 0.957 bits per heavy atom. The zero-order chi connectivity index (χ0) is 16.5. The molecule has 0 bridgehead atoms. The standard InChI is InChI=1S/C18H19N3O2/c1-14-7-5-6-8-15(14)13-19-21-18(23)12-11-17(22)20-16-9-3-2-4-10-16/h2-10,13H,11-12H2,1H3,(H,20,22)(H,21,23)/b19-13-. The third kappa shape index (κ3) is 5.74. The monoisotopic (exact) mass is 309 g/mol. The van der Waals surface area contributed by atoms with Gasteiger partial charge < -0.3 is 5.32 Å². The van der Waals surface area contributed by atoms with Gasteiger partial charge in [-0.1, -0.05) is 42.5 Å². The van der Waals surface area contributed by atoms with Crippen molar-refractivity contribution in [2.45, 2.75) is 19.8 Å². The van der Waals surface area contributed by atoms with Crippen LogP contribution in [0, 0.1) is 6.92 Å². The highest BCUT2D eigenvalue weighted by atomic mass is 16.2. The molecule has 5 nitrogen and oxygen atoms in total. The molecule has 0 aromatic heterocycles. The van der Waals surface area contributed by atoms with Crippen molar-refractivity contribution in [2.75, 3.05) is 5.32 Å². The van der Waals surface area contributed by atoms with E-state index in [-0.39, 0.29) is 24.7 Å². The highest BCUT2D eigenvalue weighted by molar-refractivity contribution is 5.93. The van der Waals surface area contributed by atoms with Crippen molar-refractivity contribution >= 4 is 23.7 Å². The minimum absolute atomic E-state index is 0.0871. The molecule has 0 unspecified atom stereocenters. The number of nitrogens with one attached hydrogen (secondary N) is 2. The van der Waals surface area contributed by atoms with Crippen LogP contribution in [0.15, 0.2) is 59.7 Å². The minimum Gasteiger partial charge on any atom is -0.326 e. The molecular formula is C18H19N3O2. The summed E-state index contributed by atoms with van der Waals surface area (Å²) in [7, 11) is 0. The number of hydrogen-bond acceptors (Lipinski definition) is 3. The minimum atomic E-state index is -0.293. The third-order valence-electron chi connectivity index (χ3n) is 3.22. The molecule has 5 heteroatoms. The summed E-state index contributed by atoms with van der Waals surface area (Å²) in [6.45, 7) is 1.97. The van der Waals surface area contributed by atoms with E-state index in [1.54, 1.807) is 18.3 Å². The quantitative estimate of drug-likeness (QED) is 0.636. The van der Waals surface area contributed by atoms with Gasteiger partial charge in [0.15, 0.2) is 0 Å². The molecule has 2 aromatic rings. The lowest BCUT2D eigenvalue weighted by atomic mass is 10.1. The van der Waals surface area contributed by atoms with E-state index in [0.717, 1.165) is 16.8 Å². The van der Waals surface area contributed by atoms with E-state index in [1.165, 1.54) is 0 Å². The van der Waals surface area contributed by atoms with E-state index in [1.807, 2.05) is 49.4 Å². The molecule has 2 N–H and O–H groups in total. The van der Waals surface area contributed by atoms with Gasteiger partial charge in [-0.2, -0.15) is 5.10 Å². The predicted octanol–water partition coefficient (Wildman–Crippen LogP) is 2.86. The van der Waals surface area contributed by atoms with Crippen LogP contribution < -0.4 is 10.7 Å². The maximum Gasteiger partial charge on any atom is 0.240 e. The van der Waals surface area contributed by atoms with Crippen molar-refractivity contribution in [1.82, 2.24) is 5.43 Å². The Hall–Kier alpha value is -2.95. The fraction of sp³-hybridized carbons (Fsp3) is 0.167. The Labute approximate surface area is 135 Å². The topological polar surface area (TPSA) is 70.6 Å². The van der Waals surface area contributed by atoms with Gasteiger partial charge in [-0.05, 0) is 30.2 Å². The molecule has 0 atom stereocenters. The third-order valence-corrected chi connectivity index (χ3v) is 3.22. The maximum absolute atomic E-state index is 11.7. The molecule has 0 heterocycles. The van der Waals surface area contributed by atoms with Crippen LogP contribution in [0.2, 0.25) is 0 Å². The lowest BCUT2D eigenvalue weighted by molar-refractivity contribution is -0.124. The van der Waals surface area contributed by atoms with E-state index in [9.17, 15) is 9.59 Å². The van der Waals surface area contributed by atoms with Crippen molar-refractivity contribution in [2.24, 2.45) is 5.10 Å². The molecule has 0 spiro atoms. The molecular weight excluding hydrogens is 290 g/mol. The van der Waals surface area contributed by atoms with Gasteiger partial charge in [-0.25, -0.2) is 5.43 Å². The summed E-state index contributed by atoms with van der Waals surface area (Å²) in [5, 5.41) is 6.64. The Kier molecular flexibility index (Phi) is 6.06. The van der Waals surface area contributed by atoms with Crippen molar-refractivity contribution < 1.29 is 9.59 Å². The first kappa shape index (κ1) is 16.4. The van der Waals surface area contributed by atoms with Crippen molar-refractivity contribution in [3.63, 3.8) is 0 Å². The predicted molar refractivity (Wildman–Crippen MR) is 91.2 cm³/mol. The first-order chi connectivity index (χ1) is 11.1. The number of aryl methyl sites for hydroxylation is 1. The van der Waals surface area contributed by atoms with E-state index in [0.29, 0.717) is 0 Å². The van der Waals surface area contributed by atoms with Gasteiger partial charge in [0.05, 0.1) is 6.21 Å². The van der Waals surface area contributed by atoms with Crippen LogP contribution in [0.1, 0.15) is 24.0 Å². The molecule has 2 rings (SSSR count). The van der Waals surface area contributed by atoms with Crippen LogP contribution in [0.4, 0.5) is 5.69 Å². The Morgan fingerprint density at radius 2 is 1.61 bits per heavy atom. The molecule has 0 aliphatic heterocycles. The second-order valence-electron chi connectivity index (χ2n) is 5.06. The van der Waals surface area contributed by atoms with Gasteiger partial charge in [0.2, 0.25) is 11.8 Å². The fourth-order valence-corrected chi connectivity index (χ4v) is 1.93. The van der Waals surface area contributed by atoms with E-state index >= 15 is 0 Å². The molecule has 2 aromatic carbocycles. The van der Waals surface area contributed by atoms with Crippen LogP contribution in [-0.2, 0) is 9.59 Å². The van der Waals surface area contributed by atoms with Crippen LogP contribution in [0.3, 0.4) is 0 Å². The molecule has 0 fully saturated rings. The summed E-state index contributed by atoms with van der Waals surface area (Å²) in [6, 6.07) is 16.9. The Balaban J connectivity index is 1.73. The molecule has 0 saturated carbocycles. The van der Waals surface area contributed by atoms with Gasteiger partial charge in [0.1, 0.15) is 0 Å². The number of anilines is 1. The molecule has 0 radical (unpaired) electrons. The number of rotatable bonds is 6. The van der Waals surface area contributed by atoms with Gasteiger partial charge in [-0.15, -0.1) is 0 Å². The number of benzene rings is 2. The van der Waals surface area contributed by atoms with Gasteiger partial charge in [0.25, 0.3) is 0 Å². The van der Waals surface area contributed by atoms with E-state index in [2.05, 4.69) is 15.8 Å². The summed E-state index contributed by atoms with van der Waals surface area (Å²) in [4.78, 5) is 23.4. The number of hydrazone groups is 1. The first-order valence-electron chi connectivity index (χ1n) is 7.37. The number of amides is 2. The van der Waals surface area contributed by atoms with Crippen LogP contribution in [-0.4, -0.2) is 18.0 Å². The zero-order valence-electron chi connectivity index (χ0n) is 13.0. The lowest BCUT2D eigenvalue weighted by Gasteiger charge is -2.04. The smallest absolute Gasteiger partial charge is 0.240 e. The number of nitrogens with zero attached hydrogens (tertiary/aromatic N) is 1. The SMILES string of the molecule is Cc1ccccc1/C=N\NC(=O)CCC(=O)Nc1ccccc1. The average Bonchev–Trinajstić information content (AvgIpc) is 2.56. The van der Waals surface area contributed by atoms with Crippen LogP contribution in [0.5, 0.6) is 0 Å². The Morgan fingerprint density at radius 3 is 2.35 bits per heavy atom. The Bertz CT molecular complexity index is 696. The fourth-order valence-electron chi connectivity index (χ4n) is 1.93. The van der Waals surface area contributed by atoms with E-state index < -0.39 is 0 Å². The van der Waals surface area contributed by atoms with Crippen molar-refractivity contribution in [3.05, 3.63) is 65.7 Å². The largest absolute Gasteiger partial charge is 0.326 e. The number of para-hydroxylation sites is 1. The molecule has 2 amide bonds. The van der Waals surface area contributed by atoms with Gasteiger partial charge in [-0.3, -0.25) is 9.59 Å². The van der Waals surface area contributed by atoms with Crippen molar-refractivity contribution in [1.29, 1.82) is 0 Å². The summed E-state index contributed by atoms with van der Waals surface area (Å²) in [6.07, 6.45) is 1.79. The zero-order valence-corrected chi connectivity index (χ0v) is 13.0. The highest BCUT2D eigenvalue weighted by Crippen LogP contribution is 2.06. The number of carbonyl (C=O) groups is 2. The van der Waals surface area contributed by atoms with Crippen LogP contribution >= 0.6 is 0 Å². The van der Waals surface area contributed by atoms with Crippen molar-refractivity contribution in [3.8, 4) is 0 Å². The normalized spacial score (nSPS) is 10.5. The lowest BCUT2D eigenvalue weighted by Crippen LogP contribution is -2.20. The second-order valence-corrected chi connectivity index (χ2v) is 5.06. The molecule has 118 valence electrons. The summed E-state index contributed by atoms with van der Waals surface area (Å²) in [5.74, 6) is -0.493. The maximum atomic E-state index is 11.7. The molecule has 23 heavy (non-hydrogen) atoms. The molecule has 0 aliphatic carbocycles. The average molecular weight is 309 g/mol. The van der Waals surface area contributed by atoms with Gasteiger partial charge >= 0.3 is 0 Å². The first-order valence-corrected chi connectivity index (χ1v) is 7.37. The number of hydrogen-bond donors (Lipinski definition) is 2. The molecule has 0 aliphatic rings. The second kappa shape index (κ2) is 8.48. The molecule has 0 saturated heterocycles. The number of carbonyl (C=O) groups excluding carboxylic acids is 2. The highest BCUT2D eigenvalue weighted by Gasteiger charge is 2.06. The summed E-state index contributed by atoms with van der Waals surface area (Å²) >= 11 is 0. The van der Waals surface area contributed by atoms with Crippen LogP contribution in [0.25, 0.3) is 0 Å². The summed E-state index contributed by atoms with van der Waals surface area (Å²) < 4.78 is 0. The van der Waals surface area contributed by atoms with Gasteiger partial charge in [0, 0.05) is 18.5 Å². The summed E-state index contributed by atoms with van der Waals surface area (Å²) in [5.41, 5.74) is 5.16. The van der Waals surface area contributed by atoms with E-state index in [4.69, 9.17) is 0 Å².